The van der Waals surface area contributed by atoms with E-state index < -0.39 is 5.97 Å². The summed E-state index contributed by atoms with van der Waals surface area (Å²) in [5, 5.41) is 17.4. The molecule has 1 rings (SSSR count). The molecule has 0 aliphatic heterocycles. The van der Waals surface area contributed by atoms with Gasteiger partial charge in [-0.1, -0.05) is 6.07 Å². The Hall–Kier alpha value is -1.71. The highest BCUT2D eigenvalue weighted by Crippen LogP contribution is 2.19. The minimum absolute atomic E-state index is 0.0506. The highest BCUT2D eigenvalue weighted by molar-refractivity contribution is 5.67. The maximum absolute atomic E-state index is 10.3. The lowest BCUT2D eigenvalue weighted by Crippen LogP contribution is -2.00. The highest BCUT2D eigenvalue weighted by Gasteiger charge is 2.03. The molecule has 1 aromatic carbocycles. The molecule has 0 amide bonds. The van der Waals surface area contributed by atoms with Crippen molar-refractivity contribution in [2.24, 2.45) is 0 Å². The molecule has 0 unspecified atom stereocenters. The van der Waals surface area contributed by atoms with Crippen LogP contribution in [0.3, 0.4) is 0 Å². The van der Waals surface area contributed by atoms with Gasteiger partial charge in [0.05, 0.1) is 0 Å². The Morgan fingerprint density at radius 1 is 1.46 bits per heavy atom. The maximum Gasteiger partial charge on any atom is 0.303 e. The van der Waals surface area contributed by atoms with Gasteiger partial charge in [0.15, 0.2) is 0 Å². The lowest BCUT2D eigenvalue weighted by molar-refractivity contribution is -0.136. The van der Waals surface area contributed by atoms with Crippen molar-refractivity contribution in [3.05, 3.63) is 23.8 Å². The molecule has 1 aromatic rings. The Balaban J connectivity index is 2.72. The first kappa shape index (κ1) is 9.38. The van der Waals surface area contributed by atoms with Gasteiger partial charge < -0.3 is 15.9 Å². The number of carboxylic acid groups (broad SMARTS) is 1. The standard InChI is InChI=1S/C9H11NO3/c10-8-5-7(11)3-1-6(8)2-4-9(12)13/h1,3,5,11H,2,4,10H2,(H,12,13). The molecule has 0 heterocycles. The van der Waals surface area contributed by atoms with Crippen LogP contribution in [0.5, 0.6) is 5.75 Å². The summed E-state index contributed by atoms with van der Waals surface area (Å²) < 4.78 is 0. The third-order valence-corrected chi connectivity index (χ3v) is 1.74. The van der Waals surface area contributed by atoms with Crippen LogP contribution in [0.25, 0.3) is 0 Å². The van der Waals surface area contributed by atoms with Crippen LogP contribution < -0.4 is 5.73 Å². The molecule has 0 aromatic heterocycles. The molecule has 4 heteroatoms. The van der Waals surface area contributed by atoms with Crippen LogP contribution in [0, 0.1) is 0 Å². The van der Waals surface area contributed by atoms with Crippen LogP contribution in [0.4, 0.5) is 5.69 Å². The first-order chi connectivity index (χ1) is 6.09. The predicted molar refractivity (Wildman–Crippen MR) is 48.5 cm³/mol. The summed E-state index contributed by atoms with van der Waals surface area (Å²) in [5.74, 6) is -0.760. The van der Waals surface area contributed by atoms with E-state index in [4.69, 9.17) is 15.9 Å². The van der Waals surface area contributed by atoms with Gasteiger partial charge in [0.25, 0.3) is 0 Å². The minimum Gasteiger partial charge on any atom is -0.508 e. The van der Waals surface area contributed by atoms with E-state index in [1.165, 1.54) is 12.1 Å². The van der Waals surface area contributed by atoms with E-state index in [0.29, 0.717) is 12.1 Å². The summed E-state index contributed by atoms with van der Waals surface area (Å²) in [6, 6.07) is 4.54. The second kappa shape index (κ2) is 3.80. The van der Waals surface area contributed by atoms with Gasteiger partial charge >= 0.3 is 5.97 Å². The molecule has 0 aliphatic carbocycles. The molecule has 13 heavy (non-hydrogen) atoms. The molecule has 0 fully saturated rings. The maximum atomic E-state index is 10.3. The number of phenolic OH excluding ortho intramolecular Hbond substituents is 1. The fourth-order valence-electron chi connectivity index (χ4n) is 1.05. The molecule has 0 bridgehead atoms. The first-order valence-electron chi connectivity index (χ1n) is 3.89. The normalized spacial score (nSPS) is 9.85. The summed E-state index contributed by atoms with van der Waals surface area (Å²) in [6.07, 6.45) is 0.441. The Labute approximate surface area is 75.6 Å². The van der Waals surface area contributed by atoms with Crippen LogP contribution >= 0.6 is 0 Å². The van der Waals surface area contributed by atoms with E-state index >= 15 is 0 Å². The van der Waals surface area contributed by atoms with E-state index in [0.717, 1.165) is 5.56 Å². The molecular formula is C9H11NO3. The molecule has 0 spiro atoms. The second-order valence-corrected chi connectivity index (χ2v) is 2.78. The number of phenols is 1. The van der Waals surface area contributed by atoms with Crippen molar-refractivity contribution in [1.29, 1.82) is 0 Å². The number of benzene rings is 1. The fraction of sp³-hybridized carbons (Fsp3) is 0.222. The zero-order chi connectivity index (χ0) is 9.84. The smallest absolute Gasteiger partial charge is 0.303 e. The van der Waals surface area contributed by atoms with Crippen LogP contribution in [-0.4, -0.2) is 16.2 Å². The summed E-state index contributed by atoms with van der Waals surface area (Å²) >= 11 is 0. The second-order valence-electron chi connectivity index (χ2n) is 2.78. The van der Waals surface area contributed by atoms with E-state index in [1.807, 2.05) is 0 Å². The van der Waals surface area contributed by atoms with E-state index in [-0.39, 0.29) is 12.2 Å². The largest absolute Gasteiger partial charge is 0.508 e. The zero-order valence-electron chi connectivity index (χ0n) is 7.03. The van der Waals surface area contributed by atoms with Gasteiger partial charge in [-0.2, -0.15) is 0 Å². The Morgan fingerprint density at radius 3 is 2.69 bits per heavy atom. The van der Waals surface area contributed by atoms with Gasteiger partial charge in [0.2, 0.25) is 0 Å². The van der Waals surface area contributed by atoms with Crippen LogP contribution in [0.15, 0.2) is 18.2 Å². The number of carboxylic acids is 1. The van der Waals surface area contributed by atoms with Crippen molar-refractivity contribution in [3.8, 4) is 5.75 Å². The number of nitrogen functional groups attached to an aromatic ring is 1. The van der Waals surface area contributed by atoms with Crippen molar-refractivity contribution >= 4 is 11.7 Å². The third kappa shape index (κ3) is 2.66. The molecule has 4 N–H and O–H groups in total. The number of hydrogen-bond donors (Lipinski definition) is 3. The van der Waals surface area contributed by atoms with Gasteiger partial charge in [0.1, 0.15) is 5.75 Å². The SMILES string of the molecule is Nc1cc(O)ccc1CCC(=O)O. The average Bonchev–Trinajstić information content (AvgIpc) is 2.02. The van der Waals surface area contributed by atoms with Crippen LogP contribution in [-0.2, 0) is 11.2 Å². The number of carbonyl (C=O) groups is 1. The monoisotopic (exact) mass is 181 g/mol. The molecule has 0 saturated carbocycles. The lowest BCUT2D eigenvalue weighted by Gasteiger charge is -2.03. The van der Waals surface area contributed by atoms with Crippen molar-refractivity contribution in [1.82, 2.24) is 0 Å². The van der Waals surface area contributed by atoms with Gasteiger partial charge in [-0.15, -0.1) is 0 Å². The van der Waals surface area contributed by atoms with Crippen LogP contribution in [0.2, 0.25) is 0 Å². The van der Waals surface area contributed by atoms with Gasteiger partial charge in [-0.25, -0.2) is 0 Å². The number of aromatic hydroxyl groups is 1. The van der Waals surface area contributed by atoms with Crippen molar-refractivity contribution < 1.29 is 15.0 Å². The molecule has 0 saturated heterocycles. The third-order valence-electron chi connectivity index (χ3n) is 1.74. The number of nitrogens with two attached hydrogens (primary N) is 1. The van der Waals surface area contributed by atoms with Gasteiger partial charge in [-0.3, -0.25) is 4.79 Å². The summed E-state index contributed by atoms with van der Waals surface area (Å²) in [7, 11) is 0. The summed E-state index contributed by atoms with van der Waals surface area (Å²) in [5.41, 5.74) is 6.74. The first-order valence-corrected chi connectivity index (χ1v) is 3.89. The number of hydrogen-bond acceptors (Lipinski definition) is 3. The van der Waals surface area contributed by atoms with Gasteiger partial charge in [-0.05, 0) is 18.1 Å². The Kier molecular flexibility index (Phi) is 2.74. The van der Waals surface area contributed by atoms with Gasteiger partial charge in [0, 0.05) is 18.2 Å². The summed E-state index contributed by atoms with van der Waals surface area (Å²) in [4.78, 5) is 10.3. The number of aryl methyl sites for hydroxylation is 1. The summed E-state index contributed by atoms with van der Waals surface area (Å²) in [6.45, 7) is 0. The number of anilines is 1. The predicted octanol–water partition coefficient (Wildman–Crippen LogP) is 0.992. The Morgan fingerprint density at radius 2 is 2.15 bits per heavy atom. The zero-order valence-corrected chi connectivity index (χ0v) is 7.03. The van der Waals surface area contributed by atoms with E-state index in [1.54, 1.807) is 6.07 Å². The van der Waals surface area contributed by atoms with Crippen molar-refractivity contribution in [2.45, 2.75) is 12.8 Å². The lowest BCUT2D eigenvalue weighted by atomic mass is 10.1. The average molecular weight is 181 g/mol. The molecule has 0 aliphatic rings. The van der Waals surface area contributed by atoms with Crippen LogP contribution in [0.1, 0.15) is 12.0 Å². The van der Waals surface area contributed by atoms with E-state index in [2.05, 4.69) is 0 Å². The quantitative estimate of drug-likeness (QED) is 0.607. The molecule has 0 atom stereocenters. The topological polar surface area (TPSA) is 83.5 Å². The molecule has 70 valence electrons. The number of aliphatic carboxylic acids is 1. The Bertz CT molecular complexity index is 323. The minimum atomic E-state index is -0.854. The molecular weight excluding hydrogens is 170 g/mol. The van der Waals surface area contributed by atoms with Crippen molar-refractivity contribution in [3.63, 3.8) is 0 Å². The fourth-order valence-corrected chi connectivity index (χ4v) is 1.05. The number of rotatable bonds is 3. The van der Waals surface area contributed by atoms with Crippen molar-refractivity contribution in [2.75, 3.05) is 5.73 Å². The molecule has 4 nitrogen and oxygen atoms in total. The van der Waals surface area contributed by atoms with E-state index in [9.17, 15) is 4.79 Å². The molecule has 0 radical (unpaired) electrons. The highest BCUT2D eigenvalue weighted by atomic mass is 16.4.